The third kappa shape index (κ3) is 8.17. The first kappa shape index (κ1) is 25.8. The molecule has 4 rings (SSSR count). The summed E-state index contributed by atoms with van der Waals surface area (Å²) in [6.07, 6.45) is 3.74. The van der Waals surface area contributed by atoms with Crippen LogP contribution in [-0.2, 0) is 29.2 Å². The van der Waals surface area contributed by atoms with Crippen molar-refractivity contribution in [2.75, 3.05) is 23.7 Å². The van der Waals surface area contributed by atoms with Crippen molar-refractivity contribution in [3.05, 3.63) is 59.0 Å². The number of hydrogen-bond acceptors (Lipinski definition) is 9. The number of piperidine rings is 1. The standard InChI is InChI=1S/C25H33ClN8O2/c1-25(2,3)36-23(35)17-34-16-20(31-32-34)14-27-24-29-21(26)13-22(30-24)28-19-9-11-33(12-10-19)15-18-7-5-4-6-8-18/h4-8,13,16,19H,9-12,14-15,17H2,1-3H3,(H2,27,28,29,30). The Balaban J connectivity index is 1.26. The molecule has 11 heteroatoms. The van der Waals surface area contributed by atoms with E-state index in [-0.39, 0.29) is 12.5 Å². The Labute approximate surface area is 216 Å². The molecule has 0 amide bonds. The van der Waals surface area contributed by atoms with E-state index < -0.39 is 5.60 Å². The quantitative estimate of drug-likeness (QED) is 0.327. The third-order valence-corrected chi connectivity index (χ3v) is 5.80. The van der Waals surface area contributed by atoms with Gasteiger partial charge in [-0.2, -0.15) is 4.98 Å². The molecule has 36 heavy (non-hydrogen) atoms. The first-order valence-electron chi connectivity index (χ1n) is 12.1. The highest BCUT2D eigenvalue weighted by atomic mass is 35.5. The minimum absolute atomic E-state index is 0.00380. The van der Waals surface area contributed by atoms with Crippen LogP contribution in [0.5, 0.6) is 0 Å². The SMILES string of the molecule is CC(C)(C)OC(=O)Cn1cc(CNc2nc(Cl)cc(NC3CCN(Cc4ccccc4)CC3)n2)nn1. The van der Waals surface area contributed by atoms with Crippen LogP contribution in [0.15, 0.2) is 42.6 Å². The summed E-state index contributed by atoms with van der Waals surface area (Å²) in [6, 6.07) is 12.6. The molecule has 0 spiro atoms. The van der Waals surface area contributed by atoms with Gasteiger partial charge in [0.2, 0.25) is 5.95 Å². The van der Waals surface area contributed by atoms with Crippen LogP contribution >= 0.6 is 11.6 Å². The first-order valence-corrected chi connectivity index (χ1v) is 12.5. The summed E-state index contributed by atoms with van der Waals surface area (Å²) in [5.41, 5.74) is 1.44. The summed E-state index contributed by atoms with van der Waals surface area (Å²) in [7, 11) is 0. The fourth-order valence-electron chi connectivity index (χ4n) is 4.03. The molecule has 2 aromatic heterocycles. The van der Waals surface area contributed by atoms with Crippen LogP contribution in [0, 0.1) is 0 Å². The van der Waals surface area contributed by atoms with E-state index >= 15 is 0 Å². The van der Waals surface area contributed by atoms with Gasteiger partial charge in [0, 0.05) is 31.7 Å². The lowest BCUT2D eigenvalue weighted by Crippen LogP contribution is -2.38. The van der Waals surface area contributed by atoms with Gasteiger partial charge in [0.15, 0.2) is 0 Å². The van der Waals surface area contributed by atoms with Crippen LogP contribution < -0.4 is 10.6 Å². The van der Waals surface area contributed by atoms with E-state index in [9.17, 15) is 4.79 Å². The molecule has 3 aromatic rings. The van der Waals surface area contributed by atoms with Crippen molar-refractivity contribution < 1.29 is 9.53 Å². The van der Waals surface area contributed by atoms with Crippen LogP contribution in [-0.4, -0.2) is 60.6 Å². The fraction of sp³-hybridized carbons (Fsp3) is 0.480. The van der Waals surface area contributed by atoms with Gasteiger partial charge >= 0.3 is 5.97 Å². The maximum atomic E-state index is 12.0. The smallest absolute Gasteiger partial charge is 0.328 e. The summed E-state index contributed by atoms with van der Waals surface area (Å²) < 4.78 is 6.76. The molecule has 1 aromatic carbocycles. The second-order valence-corrected chi connectivity index (χ2v) is 10.3. The molecule has 192 valence electrons. The minimum Gasteiger partial charge on any atom is -0.459 e. The van der Waals surface area contributed by atoms with Gasteiger partial charge in [-0.3, -0.25) is 9.69 Å². The highest BCUT2D eigenvalue weighted by Crippen LogP contribution is 2.20. The van der Waals surface area contributed by atoms with E-state index in [1.807, 2.05) is 26.8 Å². The molecule has 2 N–H and O–H groups in total. The van der Waals surface area contributed by atoms with Gasteiger partial charge in [-0.15, -0.1) is 5.10 Å². The Morgan fingerprint density at radius 1 is 1.17 bits per heavy atom. The maximum absolute atomic E-state index is 12.0. The first-order chi connectivity index (χ1) is 17.2. The maximum Gasteiger partial charge on any atom is 0.328 e. The number of aromatic nitrogens is 5. The minimum atomic E-state index is -0.545. The van der Waals surface area contributed by atoms with E-state index in [0.717, 1.165) is 32.5 Å². The number of anilines is 2. The van der Waals surface area contributed by atoms with Crippen molar-refractivity contribution in [2.24, 2.45) is 0 Å². The summed E-state index contributed by atoms with van der Waals surface area (Å²) in [6.45, 7) is 8.83. The van der Waals surface area contributed by atoms with E-state index in [1.165, 1.54) is 10.2 Å². The normalized spacial score (nSPS) is 15.0. The van der Waals surface area contributed by atoms with Gasteiger partial charge in [-0.05, 0) is 39.2 Å². The van der Waals surface area contributed by atoms with Crippen molar-refractivity contribution in [1.82, 2.24) is 29.9 Å². The predicted octanol–water partition coefficient (Wildman–Crippen LogP) is 3.75. The van der Waals surface area contributed by atoms with Crippen molar-refractivity contribution in [3.8, 4) is 0 Å². The molecule has 10 nitrogen and oxygen atoms in total. The van der Waals surface area contributed by atoms with Crippen LogP contribution in [0.3, 0.4) is 0 Å². The number of hydrogen-bond donors (Lipinski definition) is 2. The lowest BCUT2D eigenvalue weighted by atomic mass is 10.0. The molecule has 0 radical (unpaired) electrons. The molecule has 1 aliphatic heterocycles. The van der Waals surface area contributed by atoms with Gasteiger partial charge in [-0.25, -0.2) is 9.67 Å². The Kier molecular flexibility index (Phi) is 8.37. The number of nitrogens with zero attached hydrogens (tertiary/aromatic N) is 6. The molecule has 1 saturated heterocycles. The van der Waals surface area contributed by atoms with Gasteiger partial charge < -0.3 is 15.4 Å². The topological polar surface area (TPSA) is 110 Å². The van der Waals surface area contributed by atoms with Gasteiger partial charge in [-0.1, -0.05) is 47.1 Å². The Morgan fingerprint density at radius 2 is 1.92 bits per heavy atom. The van der Waals surface area contributed by atoms with Crippen molar-refractivity contribution in [3.63, 3.8) is 0 Å². The van der Waals surface area contributed by atoms with Crippen LogP contribution in [0.4, 0.5) is 11.8 Å². The molecular formula is C25H33ClN8O2. The molecular weight excluding hydrogens is 480 g/mol. The number of carbonyl (C=O) groups is 1. The van der Waals surface area contributed by atoms with Gasteiger partial charge in [0.05, 0.1) is 12.7 Å². The van der Waals surface area contributed by atoms with Crippen molar-refractivity contribution in [1.29, 1.82) is 0 Å². The molecule has 3 heterocycles. The Bertz CT molecular complexity index is 1140. The summed E-state index contributed by atoms with van der Waals surface area (Å²) >= 11 is 6.25. The lowest BCUT2D eigenvalue weighted by Gasteiger charge is -2.32. The van der Waals surface area contributed by atoms with Gasteiger partial charge in [0.25, 0.3) is 0 Å². The molecule has 0 aliphatic carbocycles. The second kappa shape index (κ2) is 11.7. The van der Waals surface area contributed by atoms with Crippen molar-refractivity contribution >= 4 is 29.3 Å². The van der Waals surface area contributed by atoms with Crippen LogP contribution in [0.1, 0.15) is 44.9 Å². The Morgan fingerprint density at radius 3 is 2.64 bits per heavy atom. The third-order valence-electron chi connectivity index (χ3n) is 5.61. The second-order valence-electron chi connectivity index (χ2n) is 9.93. The van der Waals surface area contributed by atoms with Crippen LogP contribution in [0.25, 0.3) is 0 Å². The van der Waals surface area contributed by atoms with E-state index in [1.54, 1.807) is 12.3 Å². The zero-order valence-electron chi connectivity index (χ0n) is 20.9. The number of rotatable bonds is 9. The number of likely N-dealkylation sites (tertiary alicyclic amines) is 1. The molecule has 1 fully saturated rings. The van der Waals surface area contributed by atoms with Crippen molar-refractivity contribution in [2.45, 2.75) is 64.9 Å². The monoisotopic (exact) mass is 512 g/mol. The zero-order valence-corrected chi connectivity index (χ0v) is 21.7. The molecule has 0 atom stereocenters. The average Bonchev–Trinajstić information content (AvgIpc) is 3.25. The number of halogens is 1. The fourth-order valence-corrected chi connectivity index (χ4v) is 4.21. The zero-order chi connectivity index (χ0) is 25.5. The number of esters is 1. The number of carbonyl (C=O) groups excluding carboxylic acids is 1. The summed E-state index contributed by atoms with van der Waals surface area (Å²) in [5.74, 6) is 0.715. The predicted molar refractivity (Wildman–Crippen MR) is 139 cm³/mol. The van der Waals surface area contributed by atoms with E-state index in [4.69, 9.17) is 16.3 Å². The van der Waals surface area contributed by atoms with E-state index in [2.05, 4.69) is 60.1 Å². The number of nitrogens with one attached hydrogen (secondary N) is 2. The largest absolute Gasteiger partial charge is 0.459 e. The molecule has 0 bridgehead atoms. The number of ether oxygens (including phenoxy) is 1. The molecule has 0 unspecified atom stereocenters. The highest BCUT2D eigenvalue weighted by Gasteiger charge is 2.20. The highest BCUT2D eigenvalue weighted by molar-refractivity contribution is 6.29. The Hall–Kier alpha value is -3.24. The van der Waals surface area contributed by atoms with E-state index in [0.29, 0.717) is 35.2 Å². The van der Waals surface area contributed by atoms with Gasteiger partial charge in [0.1, 0.15) is 28.8 Å². The lowest BCUT2D eigenvalue weighted by molar-refractivity contribution is -0.155. The molecule has 1 aliphatic rings. The average molecular weight is 513 g/mol. The summed E-state index contributed by atoms with van der Waals surface area (Å²) in [4.78, 5) is 23.3. The number of benzene rings is 1. The summed E-state index contributed by atoms with van der Waals surface area (Å²) in [5, 5.41) is 15.1. The van der Waals surface area contributed by atoms with Crippen LogP contribution in [0.2, 0.25) is 5.15 Å². The molecule has 0 saturated carbocycles.